The molecule has 4 unspecified atom stereocenters. The molecule has 0 saturated carbocycles. The summed E-state index contributed by atoms with van der Waals surface area (Å²) in [6.45, 7) is 7.23. The number of piperidine rings is 2. The molecule has 4 saturated heterocycles. The first kappa shape index (κ1) is 14.0. The first-order chi connectivity index (χ1) is 11.2. The van der Waals surface area contributed by atoms with Gasteiger partial charge in [-0.2, -0.15) is 0 Å². The van der Waals surface area contributed by atoms with E-state index in [0.29, 0.717) is 6.04 Å². The van der Waals surface area contributed by atoms with Crippen LogP contribution in [0.25, 0.3) is 10.4 Å². The summed E-state index contributed by atoms with van der Waals surface area (Å²) in [5.41, 5.74) is 2.61. The molecule has 0 spiro atoms. The van der Waals surface area contributed by atoms with Gasteiger partial charge in [0.15, 0.2) is 5.13 Å². The average molecular weight is 325 g/mol. The van der Waals surface area contributed by atoms with Gasteiger partial charge < -0.3 is 9.80 Å². The van der Waals surface area contributed by atoms with Gasteiger partial charge in [-0.3, -0.25) is 0 Å². The predicted octanol–water partition coefficient (Wildman–Crippen LogP) is 3.65. The minimum Gasteiger partial charge on any atom is -0.343 e. The molecule has 3 nitrogen and oxygen atoms in total. The highest BCUT2D eigenvalue weighted by Crippen LogP contribution is 2.40. The number of thiazole rings is 1. The van der Waals surface area contributed by atoms with Crippen LogP contribution in [0.2, 0.25) is 0 Å². The van der Waals surface area contributed by atoms with Crippen LogP contribution in [-0.4, -0.2) is 42.1 Å². The third-order valence-electron chi connectivity index (χ3n) is 5.74. The van der Waals surface area contributed by atoms with Crippen LogP contribution in [-0.2, 0) is 0 Å². The fourth-order valence-corrected chi connectivity index (χ4v) is 5.77. The smallest absolute Gasteiger partial charge is 0.186 e. The zero-order valence-corrected chi connectivity index (χ0v) is 14.4. The van der Waals surface area contributed by atoms with Gasteiger partial charge in [-0.05, 0) is 37.2 Å². The van der Waals surface area contributed by atoms with Crippen LogP contribution >= 0.6 is 11.3 Å². The van der Waals surface area contributed by atoms with E-state index < -0.39 is 0 Å². The van der Waals surface area contributed by atoms with E-state index in [9.17, 15) is 0 Å². The highest BCUT2D eigenvalue weighted by molar-refractivity contribution is 7.18. The Bertz CT molecular complexity index is 694. The van der Waals surface area contributed by atoms with Crippen molar-refractivity contribution in [3.63, 3.8) is 0 Å². The van der Waals surface area contributed by atoms with E-state index in [1.54, 1.807) is 0 Å². The minimum atomic E-state index is 0.679. The monoisotopic (exact) mass is 325 g/mol. The van der Waals surface area contributed by atoms with Crippen LogP contribution in [0.4, 0.5) is 5.13 Å². The van der Waals surface area contributed by atoms with E-state index in [0.717, 1.165) is 11.8 Å². The molecule has 4 aliphatic heterocycles. The van der Waals surface area contributed by atoms with Crippen LogP contribution in [0.3, 0.4) is 0 Å². The van der Waals surface area contributed by atoms with Gasteiger partial charge in [-0.25, -0.2) is 4.98 Å². The number of benzene rings is 1. The van der Waals surface area contributed by atoms with Crippen molar-refractivity contribution in [2.75, 3.05) is 31.1 Å². The Morgan fingerprint density at radius 3 is 2.65 bits per heavy atom. The van der Waals surface area contributed by atoms with Crippen molar-refractivity contribution in [1.29, 1.82) is 0 Å². The first-order valence-electron chi connectivity index (χ1n) is 8.76. The molecule has 120 valence electrons. The number of aromatic nitrogens is 1. The van der Waals surface area contributed by atoms with E-state index >= 15 is 0 Å². The largest absolute Gasteiger partial charge is 0.343 e. The Morgan fingerprint density at radius 2 is 1.83 bits per heavy atom. The lowest BCUT2D eigenvalue weighted by atomic mass is 9.84. The molecule has 1 aromatic heterocycles. The van der Waals surface area contributed by atoms with Gasteiger partial charge in [-0.1, -0.05) is 41.2 Å². The second kappa shape index (κ2) is 5.32. The molecule has 0 aliphatic carbocycles. The zero-order valence-electron chi connectivity index (χ0n) is 13.6. The first-order valence-corrected chi connectivity index (χ1v) is 9.58. The van der Waals surface area contributed by atoms with Gasteiger partial charge in [0.25, 0.3) is 0 Å². The molecule has 2 aromatic rings. The Labute approximate surface area is 142 Å². The van der Waals surface area contributed by atoms with Gasteiger partial charge in [0.2, 0.25) is 0 Å². The molecule has 4 aliphatic rings. The Morgan fingerprint density at radius 1 is 1.00 bits per heavy atom. The number of hydrogen-bond acceptors (Lipinski definition) is 4. The van der Waals surface area contributed by atoms with Crippen molar-refractivity contribution >= 4 is 16.5 Å². The number of hydrogen-bond donors (Lipinski definition) is 0. The standard InChI is InChI=1S/C19H23N3S/c1-13-2-4-16(5-3-13)18-8-20-19(23-18)22-11-15-6-14-7-17(22)12-21(9-14)10-15/h2-5,8,14-15,17H,6-7,9-12H2,1H3. The lowest BCUT2D eigenvalue weighted by Crippen LogP contribution is -2.49. The number of anilines is 1. The lowest BCUT2D eigenvalue weighted by molar-refractivity contribution is 0.0980. The van der Waals surface area contributed by atoms with Crippen molar-refractivity contribution in [2.24, 2.45) is 11.8 Å². The van der Waals surface area contributed by atoms with Crippen LogP contribution < -0.4 is 4.90 Å². The van der Waals surface area contributed by atoms with Crippen LogP contribution in [0.15, 0.2) is 30.5 Å². The maximum Gasteiger partial charge on any atom is 0.186 e. The molecule has 4 atom stereocenters. The summed E-state index contributed by atoms with van der Waals surface area (Å²) in [4.78, 5) is 11.4. The van der Waals surface area contributed by atoms with Crippen molar-refractivity contribution in [2.45, 2.75) is 25.8 Å². The molecular formula is C19H23N3S. The van der Waals surface area contributed by atoms with E-state index in [1.807, 2.05) is 11.3 Å². The summed E-state index contributed by atoms with van der Waals surface area (Å²) in [6.07, 6.45) is 4.87. The highest BCUT2D eigenvalue weighted by Gasteiger charge is 2.42. The summed E-state index contributed by atoms with van der Waals surface area (Å²) in [5, 5.41) is 1.24. The Hall–Kier alpha value is -1.39. The second-order valence-corrected chi connectivity index (χ2v) is 8.61. The van der Waals surface area contributed by atoms with Crippen LogP contribution in [0.1, 0.15) is 18.4 Å². The second-order valence-electron chi connectivity index (χ2n) is 7.60. The van der Waals surface area contributed by atoms with Gasteiger partial charge >= 0.3 is 0 Å². The maximum absolute atomic E-state index is 4.81. The summed E-state index contributed by atoms with van der Waals surface area (Å²) in [5.74, 6) is 1.77. The molecule has 0 amide bonds. The number of aryl methyl sites for hydroxylation is 1. The average Bonchev–Trinajstić information content (AvgIpc) is 2.93. The molecular weight excluding hydrogens is 302 g/mol. The third kappa shape index (κ3) is 2.48. The lowest BCUT2D eigenvalue weighted by Gasteiger charge is -2.41. The van der Waals surface area contributed by atoms with Gasteiger partial charge in [0.1, 0.15) is 0 Å². The molecule has 4 heteroatoms. The molecule has 0 radical (unpaired) electrons. The Balaban J connectivity index is 1.45. The molecule has 4 bridgehead atoms. The summed E-state index contributed by atoms with van der Waals surface area (Å²) in [6, 6.07) is 9.49. The van der Waals surface area contributed by atoms with E-state index in [2.05, 4.69) is 47.2 Å². The van der Waals surface area contributed by atoms with Crippen molar-refractivity contribution in [1.82, 2.24) is 9.88 Å². The number of rotatable bonds is 2. The molecule has 4 fully saturated rings. The Kier molecular flexibility index (Phi) is 3.24. The van der Waals surface area contributed by atoms with E-state index in [4.69, 9.17) is 4.98 Å². The normalized spacial score (nSPS) is 32.3. The fourth-order valence-electron chi connectivity index (χ4n) is 4.77. The van der Waals surface area contributed by atoms with Crippen LogP contribution in [0.5, 0.6) is 0 Å². The molecule has 0 N–H and O–H groups in total. The highest BCUT2D eigenvalue weighted by atomic mass is 32.1. The van der Waals surface area contributed by atoms with Gasteiger partial charge in [0, 0.05) is 38.4 Å². The van der Waals surface area contributed by atoms with Crippen molar-refractivity contribution in [3.05, 3.63) is 36.0 Å². The van der Waals surface area contributed by atoms with E-state index in [-0.39, 0.29) is 0 Å². The van der Waals surface area contributed by atoms with Crippen molar-refractivity contribution < 1.29 is 0 Å². The third-order valence-corrected chi connectivity index (χ3v) is 6.83. The molecule has 23 heavy (non-hydrogen) atoms. The topological polar surface area (TPSA) is 19.4 Å². The molecule has 6 rings (SSSR count). The summed E-state index contributed by atoms with van der Waals surface area (Å²) in [7, 11) is 0. The van der Waals surface area contributed by atoms with E-state index in [1.165, 1.54) is 60.2 Å². The number of nitrogens with zero attached hydrogens (tertiary/aromatic N) is 3. The van der Waals surface area contributed by atoms with Gasteiger partial charge in [0.05, 0.1) is 4.88 Å². The summed E-state index contributed by atoms with van der Waals surface area (Å²) < 4.78 is 0. The maximum atomic E-state index is 4.81. The van der Waals surface area contributed by atoms with Crippen LogP contribution in [0, 0.1) is 18.8 Å². The SMILES string of the molecule is Cc1ccc(-c2cnc(N3CC4CC5CC3CN(C5)C4)s2)cc1. The molecule has 1 aromatic carbocycles. The number of fused-ring (bicyclic) bond motifs is 1. The van der Waals surface area contributed by atoms with Crippen molar-refractivity contribution in [3.8, 4) is 10.4 Å². The quantitative estimate of drug-likeness (QED) is 0.840. The zero-order chi connectivity index (χ0) is 15.4. The summed E-state index contributed by atoms with van der Waals surface area (Å²) >= 11 is 1.87. The van der Waals surface area contributed by atoms with Gasteiger partial charge in [-0.15, -0.1) is 0 Å². The fraction of sp³-hybridized carbons (Fsp3) is 0.526. The minimum absolute atomic E-state index is 0.679. The molecule has 5 heterocycles. The predicted molar refractivity (Wildman–Crippen MR) is 96.1 cm³/mol.